The average molecular weight is 379 g/mol. The molecule has 98 valence electrons. The molecule has 1 amide bonds. The first-order valence-electron chi connectivity index (χ1n) is 5.86. The van der Waals surface area contributed by atoms with Gasteiger partial charge in [-0.25, -0.2) is 4.39 Å². The molecular weight excluding hydrogens is 365 g/mol. The van der Waals surface area contributed by atoms with Crippen molar-refractivity contribution >= 4 is 37.8 Å². The van der Waals surface area contributed by atoms with Crippen molar-refractivity contribution in [3.05, 3.63) is 34.1 Å². The van der Waals surface area contributed by atoms with Gasteiger partial charge in [0, 0.05) is 11.9 Å². The maximum atomic E-state index is 13.7. The maximum Gasteiger partial charge on any atom is 0.254 e. The maximum absolute atomic E-state index is 13.7. The van der Waals surface area contributed by atoms with Gasteiger partial charge in [-0.1, -0.05) is 22.0 Å². The summed E-state index contributed by atoms with van der Waals surface area (Å²) in [6.07, 6.45) is 3.33. The fourth-order valence-corrected chi connectivity index (χ4v) is 3.14. The highest BCUT2D eigenvalue weighted by molar-refractivity contribution is 9.10. The van der Waals surface area contributed by atoms with Gasteiger partial charge in [-0.3, -0.25) is 4.79 Å². The summed E-state index contributed by atoms with van der Waals surface area (Å²) in [5.41, 5.74) is 0.334. The molecule has 0 saturated heterocycles. The fourth-order valence-electron chi connectivity index (χ4n) is 1.93. The van der Waals surface area contributed by atoms with Crippen LogP contribution in [0.15, 0.2) is 22.7 Å². The lowest BCUT2D eigenvalue weighted by molar-refractivity contribution is 0.0940. The van der Waals surface area contributed by atoms with E-state index in [4.69, 9.17) is 0 Å². The molecule has 0 aromatic heterocycles. The lowest BCUT2D eigenvalue weighted by Gasteiger charge is -2.14. The van der Waals surface area contributed by atoms with E-state index < -0.39 is 5.82 Å². The molecule has 5 heteroatoms. The van der Waals surface area contributed by atoms with Gasteiger partial charge in [-0.05, 0) is 52.7 Å². The zero-order valence-electron chi connectivity index (χ0n) is 9.81. The molecule has 0 atom stereocenters. The molecule has 1 fully saturated rings. The minimum atomic E-state index is -0.500. The van der Waals surface area contributed by atoms with Crippen LogP contribution in [0.25, 0.3) is 0 Å². The molecule has 2 nitrogen and oxygen atoms in total. The first kappa shape index (κ1) is 14.0. The van der Waals surface area contributed by atoms with E-state index in [1.807, 2.05) is 0 Å². The van der Waals surface area contributed by atoms with Crippen LogP contribution in [0.3, 0.4) is 0 Å². The minimum Gasteiger partial charge on any atom is -0.351 e. The molecule has 0 aliphatic heterocycles. The number of nitrogens with one attached hydrogen (secondary N) is 1. The average Bonchev–Trinajstić information content (AvgIpc) is 3.11. The second kappa shape index (κ2) is 5.70. The zero-order chi connectivity index (χ0) is 13.2. The minimum absolute atomic E-state index is 0.0963. The van der Waals surface area contributed by atoms with Gasteiger partial charge in [0.1, 0.15) is 5.82 Å². The molecular formula is C13H14Br2FNO. The van der Waals surface area contributed by atoms with E-state index in [1.54, 1.807) is 12.1 Å². The van der Waals surface area contributed by atoms with Crippen LogP contribution < -0.4 is 5.32 Å². The summed E-state index contributed by atoms with van der Waals surface area (Å²) in [6, 6.07) is 4.74. The Morgan fingerprint density at radius 1 is 1.44 bits per heavy atom. The van der Waals surface area contributed by atoms with Gasteiger partial charge in [0.25, 0.3) is 5.91 Å². The van der Waals surface area contributed by atoms with Crippen LogP contribution in [-0.2, 0) is 0 Å². The standard InChI is InChI=1S/C13H14Br2FNO/c14-7-6-13(4-5-13)8-17-12(18)9-2-1-3-10(15)11(9)16/h1-3H,4-8H2,(H,17,18). The zero-order valence-corrected chi connectivity index (χ0v) is 13.0. The number of benzene rings is 1. The van der Waals surface area contributed by atoms with E-state index in [0.717, 1.165) is 24.6 Å². The monoisotopic (exact) mass is 377 g/mol. The van der Waals surface area contributed by atoms with Crippen LogP contribution in [0, 0.1) is 11.2 Å². The fraction of sp³-hybridized carbons (Fsp3) is 0.462. The Morgan fingerprint density at radius 3 is 2.78 bits per heavy atom. The molecule has 1 aliphatic rings. The molecule has 18 heavy (non-hydrogen) atoms. The van der Waals surface area contributed by atoms with Gasteiger partial charge in [0.2, 0.25) is 0 Å². The van der Waals surface area contributed by atoms with Gasteiger partial charge in [-0.15, -0.1) is 0 Å². The molecule has 1 N–H and O–H groups in total. The molecule has 1 aromatic rings. The second-order valence-electron chi connectivity index (χ2n) is 4.72. The molecule has 1 aromatic carbocycles. The third kappa shape index (κ3) is 3.12. The molecule has 0 unspecified atom stereocenters. The largest absolute Gasteiger partial charge is 0.351 e. The van der Waals surface area contributed by atoms with Crippen molar-refractivity contribution in [2.24, 2.45) is 5.41 Å². The topological polar surface area (TPSA) is 29.1 Å². The quantitative estimate of drug-likeness (QED) is 0.774. The van der Waals surface area contributed by atoms with Crippen molar-refractivity contribution in [3.63, 3.8) is 0 Å². The Labute approximate surface area is 123 Å². The van der Waals surface area contributed by atoms with Crippen molar-refractivity contribution in [1.29, 1.82) is 0 Å². The van der Waals surface area contributed by atoms with Crippen molar-refractivity contribution in [2.75, 3.05) is 11.9 Å². The summed E-state index contributed by atoms with van der Waals surface area (Å²) >= 11 is 6.50. The van der Waals surface area contributed by atoms with Crippen molar-refractivity contribution < 1.29 is 9.18 Å². The number of hydrogen-bond donors (Lipinski definition) is 1. The normalized spacial score (nSPS) is 16.4. The van der Waals surface area contributed by atoms with Gasteiger partial charge < -0.3 is 5.32 Å². The van der Waals surface area contributed by atoms with Crippen LogP contribution >= 0.6 is 31.9 Å². The Bertz CT molecular complexity index is 460. The number of alkyl halides is 1. The summed E-state index contributed by atoms with van der Waals surface area (Å²) < 4.78 is 14.0. The van der Waals surface area contributed by atoms with Crippen LogP contribution in [-0.4, -0.2) is 17.8 Å². The molecule has 2 rings (SSSR count). The van der Waals surface area contributed by atoms with Crippen molar-refractivity contribution in [1.82, 2.24) is 5.32 Å². The first-order chi connectivity index (χ1) is 8.58. The second-order valence-corrected chi connectivity index (χ2v) is 6.37. The van der Waals surface area contributed by atoms with Crippen LogP contribution in [0.2, 0.25) is 0 Å². The van der Waals surface area contributed by atoms with E-state index in [-0.39, 0.29) is 16.9 Å². The number of hydrogen-bond acceptors (Lipinski definition) is 1. The van der Waals surface area contributed by atoms with Crippen molar-refractivity contribution in [3.8, 4) is 0 Å². The highest BCUT2D eigenvalue weighted by Crippen LogP contribution is 2.48. The number of carbonyl (C=O) groups excluding carboxylic acids is 1. The highest BCUT2D eigenvalue weighted by atomic mass is 79.9. The van der Waals surface area contributed by atoms with Crippen LogP contribution in [0.1, 0.15) is 29.6 Å². The molecule has 0 radical (unpaired) electrons. The summed E-state index contributed by atoms with van der Waals surface area (Å²) in [5, 5.41) is 3.77. The molecule has 0 spiro atoms. The number of halogens is 3. The number of amides is 1. The predicted octanol–water partition coefficient (Wildman–Crippen LogP) is 3.88. The van der Waals surface area contributed by atoms with Crippen LogP contribution in [0.4, 0.5) is 4.39 Å². The van der Waals surface area contributed by atoms with E-state index in [2.05, 4.69) is 37.2 Å². The SMILES string of the molecule is O=C(NCC1(CCBr)CC1)c1cccc(Br)c1F. The summed E-state index contributed by atoms with van der Waals surface area (Å²) in [4.78, 5) is 11.9. The van der Waals surface area contributed by atoms with Crippen molar-refractivity contribution in [2.45, 2.75) is 19.3 Å². The van der Waals surface area contributed by atoms with Gasteiger partial charge in [0.05, 0.1) is 10.0 Å². The smallest absolute Gasteiger partial charge is 0.254 e. The van der Waals surface area contributed by atoms with Gasteiger partial charge >= 0.3 is 0 Å². The lowest BCUT2D eigenvalue weighted by Crippen LogP contribution is -2.31. The Hall–Kier alpha value is -0.420. The molecule has 1 saturated carbocycles. The lowest BCUT2D eigenvalue weighted by atomic mass is 10.0. The highest BCUT2D eigenvalue weighted by Gasteiger charge is 2.41. The molecule has 1 aliphatic carbocycles. The van der Waals surface area contributed by atoms with E-state index >= 15 is 0 Å². The Kier molecular flexibility index (Phi) is 4.43. The summed E-state index contributed by atoms with van der Waals surface area (Å²) in [6.45, 7) is 0.628. The predicted molar refractivity (Wildman–Crippen MR) is 76.5 cm³/mol. The van der Waals surface area contributed by atoms with Crippen LogP contribution in [0.5, 0.6) is 0 Å². The van der Waals surface area contributed by atoms with E-state index in [9.17, 15) is 9.18 Å². The third-order valence-electron chi connectivity index (χ3n) is 3.40. The molecule has 0 heterocycles. The third-order valence-corrected chi connectivity index (χ3v) is 4.41. The Morgan fingerprint density at radius 2 is 2.17 bits per heavy atom. The molecule has 0 bridgehead atoms. The number of rotatable bonds is 5. The first-order valence-corrected chi connectivity index (χ1v) is 7.78. The van der Waals surface area contributed by atoms with E-state index in [0.29, 0.717) is 11.0 Å². The van der Waals surface area contributed by atoms with E-state index in [1.165, 1.54) is 6.07 Å². The number of carbonyl (C=O) groups is 1. The Balaban J connectivity index is 1.98. The van der Waals surface area contributed by atoms with Gasteiger partial charge in [0.15, 0.2) is 0 Å². The van der Waals surface area contributed by atoms with Gasteiger partial charge in [-0.2, -0.15) is 0 Å². The summed E-state index contributed by atoms with van der Waals surface area (Å²) in [5.74, 6) is -0.838. The summed E-state index contributed by atoms with van der Waals surface area (Å²) in [7, 11) is 0.